The Balaban J connectivity index is 1.55. The summed E-state index contributed by atoms with van der Waals surface area (Å²) < 4.78 is 26.3. The number of ether oxygens (including phenoxy) is 4. The molecule has 5 unspecified atom stereocenters. The highest BCUT2D eigenvalue weighted by Crippen LogP contribution is 2.69. The monoisotopic (exact) mass is 636 g/mol. The van der Waals surface area contributed by atoms with Crippen molar-refractivity contribution in [1.82, 2.24) is 0 Å². The van der Waals surface area contributed by atoms with Gasteiger partial charge in [-0.3, -0.25) is 0 Å². The number of rotatable bonds is 20. The van der Waals surface area contributed by atoms with Crippen molar-refractivity contribution in [2.75, 3.05) is 52.7 Å². The molecule has 0 bridgehead atoms. The lowest BCUT2D eigenvalue weighted by Crippen LogP contribution is -2.63. The molecule has 0 aliphatic heterocycles. The van der Waals surface area contributed by atoms with Crippen LogP contribution in [0.4, 0.5) is 0 Å². The maximum Gasteiger partial charge on any atom is 0.0637 e. The number of fused-ring (bicyclic) bond motifs is 5. The van der Waals surface area contributed by atoms with E-state index in [2.05, 4.69) is 34.6 Å². The minimum Gasteiger partial charge on any atom is -0.381 e. The van der Waals surface area contributed by atoms with Gasteiger partial charge < -0.3 is 36.1 Å². The predicted octanol–water partition coefficient (Wildman–Crippen LogP) is 6.55. The number of nitrogens with two attached hydrogens (primary N) is 3. The molecule has 0 heterocycles. The van der Waals surface area contributed by atoms with Gasteiger partial charge in [-0.2, -0.15) is 0 Å². The molecule has 4 saturated carbocycles. The van der Waals surface area contributed by atoms with Crippen LogP contribution in [0.1, 0.15) is 118 Å². The van der Waals surface area contributed by atoms with Crippen LogP contribution in [0, 0.1) is 52.3 Å². The third kappa shape index (κ3) is 8.85. The number of hydrogen-bond acceptors (Lipinski definition) is 7. The van der Waals surface area contributed by atoms with Gasteiger partial charge in [0.15, 0.2) is 0 Å². The Kier molecular flexibility index (Phi) is 15.0. The molecular weight excluding hydrogens is 562 g/mol. The fourth-order valence-corrected chi connectivity index (χ4v) is 10.7. The number of hydrogen-bond donors (Lipinski definition) is 3. The molecule has 4 aliphatic carbocycles. The van der Waals surface area contributed by atoms with Gasteiger partial charge in [-0.25, -0.2) is 0 Å². The molecular formula is C38H73N3O4. The maximum absolute atomic E-state index is 7.00. The Bertz CT molecular complexity index is 846. The highest BCUT2D eigenvalue weighted by Gasteiger charge is 2.66. The zero-order valence-electron chi connectivity index (χ0n) is 30.0. The third-order valence-electron chi connectivity index (χ3n) is 13.3. The first-order valence-electron chi connectivity index (χ1n) is 19.2. The van der Waals surface area contributed by atoms with Crippen LogP contribution in [0.5, 0.6) is 0 Å². The fraction of sp³-hybridized carbons (Fsp3) is 1.00. The summed E-state index contributed by atoms with van der Waals surface area (Å²) in [6, 6.07) is 0. The molecule has 11 atom stereocenters. The topological polar surface area (TPSA) is 115 Å². The summed E-state index contributed by atoms with van der Waals surface area (Å²) in [5.41, 5.74) is 18.2. The van der Waals surface area contributed by atoms with Crippen molar-refractivity contribution in [3.8, 4) is 0 Å². The Morgan fingerprint density at radius 3 is 2.07 bits per heavy atom. The van der Waals surface area contributed by atoms with E-state index < -0.39 is 0 Å². The maximum atomic E-state index is 7.00. The second-order valence-corrected chi connectivity index (χ2v) is 16.4. The van der Waals surface area contributed by atoms with Crippen molar-refractivity contribution >= 4 is 0 Å². The van der Waals surface area contributed by atoms with Gasteiger partial charge in [-0.05, 0) is 150 Å². The van der Waals surface area contributed by atoms with Crippen LogP contribution in [0.3, 0.4) is 0 Å². The summed E-state index contributed by atoms with van der Waals surface area (Å²) in [6.45, 7) is 18.5. The van der Waals surface area contributed by atoms with Crippen molar-refractivity contribution in [2.45, 2.75) is 136 Å². The smallest absolute Gasteiger partial charge is 0.0637 e. The van der Waals surface area contributed by atoms with E-state index in [-0.39, 0.29) is 11.5 Å². The molecule has 0 aromatic heterocycles. The van der Waals surface area contributed by atoms with E-state index >= 15 is 0 Å². The van der Waals surface area contributed by atoms with Crippen LogP contribution in [-0.4, -0.2) is 71.0 Å². The summed E-state index contributed by atoms with van der Waals surface area (Å²) >= 11 is 0. The van der Waals surface area contributed by atoms with E-state index in [4.69, 9.17) is 36.1 Å². The normalized spacial score (nSPS) is 38.6. The Labute approximate surface area is 277 Å². The van der Waals surface area contributed by atoms with Crippen LogP contribution >= 0.6 is 0 Å². The summed E-state index contributed by atoms with van der Waals surface area (Å²) in [5.74, 6) is 4.51. The minimum atomic E-state index is 0.162. The van der Waals surface area contributed by atoms with Gasteiger partial charge in [0.1, 0.15) is 0 Å². The Morgan fingerprint density at radius 2 is 1.38 bits per heavy atom. The van der Waals surface area contributed by atoms with Gasteiger partial charge in [0.25, 0.3) is 0 Å². The van der Waals surface area contributed by atoms with E-state index in [1.165, 1.54) is 32.1 Å². The van der Waals surface area contributed by atoms with Crippen molar-refractivity contribution in [3.05, 3.63) is 0 Å². The lowest BCUT2D eigenvalue weighted by molar-refractivity contribution is -0.227. The second-order valence-electron chi connectivity index (χ2n) is 16.4. The van der Waals surface area contributed by atoms with Gasteiger partial charge in [0.2, 0.25) is 0 Å². The SMILES string of the molecule is CC(C)CCOCCC[C@@H](C)C1CC[C@H]2C3[C@H](OCCCN)CC4C[C@H](OCCCN)CCC4(C)[C@H]3C[C@H](OCCCN)C12C. The summed E-state index contributed by atoms with van der Waals surface area (Å²) in [6.07, 6.45) is 15.8. The zero-order valence-corrected chi connectivity index (χ0v) is 30.0. The van der Waals surface area contributed by atoms with Gasteiger partial charge in [-0.15, -0.1) is 0 Å². The standard InChI is InChI=1S/C38H73N3O4/c1-27(2)14-23-42-19-6-10-28(3)31-11-12-32-36-33(26-35(38(31,32)5)45-22-9-18-41)37(4)15-13-30(43-20-7-16-39)24-29(37)25-34(36)44-21-8-17-40/h27-36H,6-26,39-41H2,1-5H3/t28-,29?,30-,31?,32+,33+,34-,35+,36?,37?,38?/m1/s1. The van der Waals surface area contributed by atoms with E-state index in [0.29, 0.717) is 78.7 Å². The lowest BCUT2D eigenvalue weighted by atomic mass is 9.43. The van der Waals surface area contributed by atoms with Crippen molar-refractivity contribution < 1.29 is 18.9 Å². The Hall–Kier alpha value is -0.280. The van der Waals surface area contributed by atoms with E-state index in [9.17, 15) is 0 Å². The average molecular weight is 636 g/mol. The molecule has 4 aliphatic rings. The van der Waals surface area contributed by atoms with Gasteiger partial charge in [0, 0.05) is 38.4 Å². The highest BCUT2D eigenvalue weighted by molar-refractivity contribution is 5.15. The molecule has 264 valence electrons. The minimum absolute atomic E-state index is 0.162. The third-order valence-corrected chi connectivity index (χ3v) is 13.3. The van der Waals surface area contributed by atoms with Gasteiger partial charge >= 0.3 is 0 Å². The van der Waals surface area contributed by atoms with Crippen LogP contribution in [0.2, 0.25) is 0 Å². The first-order valence-corrected chi connectivity index (χ1v) is 19.2. The molecule has 45 heavy (non-hydrogen) atoms. The molecule has 0 saturated heterocycles. The summed E-state index contributed by atoms with van der Waals surface area (Å²) in [7, 11) is 0. The van der Waals surface area contributed by atoms with Crippen molar-refractivity contribution in [2.24, 2.45) is 69.5 Å². The van der Waals surface area contributed by atoms with E-state index in [1.807, 2.05) is 0 Å². The summed E-state index contributed by atoms with van der Waals surface area (Å²) in [5, 5.41) is 0. The van der Waals surface area contributed by atoms with Crippen LogP contribution in [-0.2, 0) is 18.9 Å². The molecule has 4 rings (SSSR count). The molecule has 7 heteroatoms. The molecule has 7 nitrogen and oxygen atoms in total. The summed E-state index contributed by atoms with van der Waals surface area (Å²) in [4.78, 5) is 0. The first kappa shape index (κ1) is 37.5. The largest absolute Gasteiger partial charge is 0.381 e. The molecule has 0 amide bonds. The molecule has 0 radical (unpaired) electrons. The predicted molar refractivity (Wildman–Crippen MR) is 185 cm³/mol. The van der Waals surface area contributed by atoms with Crippen LogP contribution < -0.4 is 17.2 Å². The average Bonchev–Trinajstić information content (AvgIpc) is 3.37. The fourth-order valence-electron chi connectivity index (χ4n) is 10.7. The van der Waals surface area contributed by atoms with Crippen molar-refractivity contribution in [1.29, 1.82) is 0 Å². The molecule has 0 aromatic carbocycles. The highest BCUT2D eigenvalue weighted by atomic mass is 16.5. The lowest BCUT2D eigenvalue weighted by Gasteiger charge is -2.65. The molecule has 4 fully saturated rings. The van der Waals surface area contributed by atoms with Gasteiger partial charge in [0.05, 0.1) is 18.3 Å². The Morgan fingerprint density at radius 1 is 0.689 bits per heavy atom. The second kappa shape index (κ2) is 17.9. The quantitative estimate of drug-likeness (QED) is 0.130. The molecule has 0 aromatic rings. The van der Waals surface area contributed by atoms with Gasteiger partial charge in [-0.1, -0.05) is 34.6 Å². The van der Waals surface area contributed by atoms with E-state index in [0.717, 1.165) is 84.4 Å². The van der Waals surface area contributed by atoms with Crippen LogP contribution in [0.15, 0.2) is 0 Å². The molecule has 0 spiro atoms. The van der Waals surface area contributed by atoms with E-state index in [1.54, 1.807) is 0 Å². The van der Waals surface area contributed by atoms with Crippen LogP contribution in [0.25, 0.3) is 0 Å². The molecule has 6 N–H and O–H groups in total. The first-order chi connectivity index (χ1) is 21.7. The zero-order chi connectivity index (χ0) is 32.5. The van der Waals surface area contributed by atoms with Crippen molar-refractivity contribution in [3.63, 3.8) is 0 Å².